The summed E-state index contributed by atoms with van der Waals surface area (Å²) >= 11 is 0. The summed E-state index contributed by atoms with van der Waals surface area (Å²) in [6.45, 7) is 2.71. The van der Waals surface area contributed by atoms with E-state index in [-0.39, 0.29) is 11.7 Å². The molecule has 2 aromatic rings. The highest BCUT2D eigenvalue weighted by Gasteiger charge is 2.43. The quantitative estimate of drug-likeness (QED) is 0.943. The fourth-order valence-corrected chi connectivity index (χ4v) is 3.05. The van der Waals surface area contributed by atoms with Crippen molar-refractivity contribution in [2.45, 2.75) is 25.4 Å². The van der Waals surface area contributed by atoms with E-state index in [1.165, 1.54) is 12.1 Å². The number of fused-ring (bicyclic) bond motifs is 1. The average molecular weight is 287 g/mol. The number of halogens is 1. The van der Waals surface area contributed by atoms with E-state index in [0.29, 0.717) is 35.8 Å². The molecule has 0 radical (unpaired) electrons. The van der Waals surface area contributed by atoms with Gasteiger partial charge in [-0.1, -0.05) is 37.6 Å². The number of β-amino-alcohol motifs (C(OH)–C–C–N with tert-alkyl or cyclic N) is 1. The summed E-state index contributed by atoms with van der Waals surface area (Å²) < 4.78 is 13.8. The predicted octanol–water partition coefficient (Wildman–Crippen LogP) is 2.97. The molecule has 1 fully saturated rings. The molecule has 1 N–H and O–H groups in total. The molecule has 0 aromatic heterocycles. The zero-order valence-corrected chi connectivity index (χ0v) is 12.0. The fourth-order valence-electron chi connectivity index (χ4n) is 3.05. The molecule has 3 rings (SSSR count). The van der Waals surface area contributed by atoms with E-state index < -0.39 is 5.60 Å². The minimum atomic E-state index is -0.750. The lowest BCUT2D eigenvalue weighted by Gasteiger charge is -2.46. The molecule has 1 saturated heterocycles. The van der Waals surface area contributed by atoms with Gasteiger partial charge in [-0.25, -0.2) is 4.39 Å². The topological polar surface area (TPSA) is 40.5 Å². The number of hydrogen-bond acceptors (Lipinski definition) is 2. The van der Waals surface area contributed by atoms with Crippen molar-refractivity contribution in [3.8, 4) is 0 Å². The maximum Gasteiger partial charge on any atom is 0.254 e. The first-order valence-electron chi connectivity index (χ1n) is 7.23. The van der Waals surface area contributed by atoms with Gasteiger partial charge in [-0.05, 0) is 23.9 Å². The van der Waals surface area contributed by atoms with Gasteiger partial charge in [0.1, 0.15) is 5.82 Å². The smallest absolute Gasteiger partial charge is 0.254 e. The van der Waals surface area contributed by atoms with E-state index in [9.17, 15) is 14.3 Å². The van der Waals surface area contributed by atoms with E-state index in [0.717, 1.165) is 6.42 Å². The van der Waals surface area contributed by atoms with Crippen LogP contribution in [0.5, 0.6) is 0 Å². The lowest BCUT2D eigenvalue weighted by molar-refractivity contribution is -0.0859. The normalized spacial score (nSPS) is 16.8. The van der Waals surface area contributed by atoms with Crippen LogP contribution in [-0.2, 0) is 0 Å². The largest absolute Gasteiger partial charge is 0.386 e. The number of nitrogens with zero attached hydrogens (tertiary/aromatic N) is 1. The van der Waals surface area contributed by atoms with Gasteiger partial charge in [-0.15, -0.1) is 0 Å². The zero-order valence-electron chi connectivity index (χ0n) is 12.0. The molecule has 0 saturated carbocycles. The molecule has 1 aliphatic rings. The van der Waals surface area contributed by atoms with E-state index in [4.69, 9.17) is 0 Å². The SMILES string of the molecule is CCCC1(O)CN(C(=O)c2ccc(F)c3ccccc23)C1. The van der Waals surface area contributed by atoms with Crippen molar-refractivity contribution in [3.05, 3.63) is 47.8 Å². The number of amides is 1. The molecule has 3 nitrogen and oxygen atoms in total. The summed E-state index contributed by atoms with van der Waals surface area (Å²) in [4.78, 5) is 14.2. The number of carbonyl (C=O) groups is 1. The van der Waals surface area contributed by atoms with Crippen LogP contribution in [0.3, 0.4) is 0 Å². The summed E-state index contributed by atoms with van der Waals surface area (Å²) in [5, 5.41) is 11.3. The Morgan fingerprint density at radius 3 is 2.57 bits per heavy atom. The minimum Gasteiger partial charge on any atom is -0.386 e. The minimum absolute atomic E-state index is 0.146. The van der Waals surface area contributed by atoms with E-state index in [2.05, 4.69) is 0 Å². The Morgan fingerprint density at radius 1 is 1.24 bits per heavy atom. The Morgan fingerprint density at radius 2 is 1.90 bits per heavy atom. The lowest BCUT2D eigenvalue weighted by atomic mass is 9.88. The molecule has 21 heavy (non-hydrogen) atoms. The summed E-state index contributed by atoms with van der Waals surface area (Å²) in [5.41, 5.74) is -0.259. The fraction of sp³-hybridized carbons (Fsp3) is 0.353. The molecule has 1 heterocycles. The maximum atomic E-state index is 13.8. The molecule has 2 aromatic carbocycles. The van der Waals surface area contributed by atoms with Crippen LogP contribution in [0.25, 0.3) is 10.8 Å². The predicted molar refractivity (Wildman–Crippen MR) is 79.7 cm³/mol. The van der Waals surface area contributed by atoms with Crippen molar-refractivity contribution in [1.29, 1.82) is 0 Å². The second kappa shape index (κ2) is 5.11. The molecule has 0 atom stereocenters. The Kier molecular flexibility index (Phi) is 3.41. The first kappa shape index (κ1) is 14.0. The van der Waals surface area contributed by atoms with Crippen LogP contribution in [0.2, 0.25) is 0 Å². The summed E-state index contributed by atoms with van der Waals surface area (Å²) in [7, 11) is 0. The average Bonchev–Trinajstić information content (AvgIpc) is 2.45. The highest BCUT2D eigenvalue weighted by Crippen LogP contribution is 2.29. The molecule has 1 amide bonds. The van der Waals surface area contributed by atoms with Crippen molar-refractivity contribution in [3.63, 3.8) is 0 Å². The summed E-state index contributed by atoms with van der Waals surface area (Å²) in [5.74, 6) is -0.472. The highest BCUT2D eigenvalue weighted by atomic mass is 19.1. The third-order valence-corrected chi connectivity index (χ3v) is 4.07. The second-order valence-corrected chi connectivity index (χ2v) is 5.78. The van der Waals surface area contributed by atoms with Gasteiger partial charge in [0.05, 0.1) is 18.7 Å². The van der Waals surface area contributed by atoms with Gasteiger partial charge < -0.3 is 10.0 Å². The van der Waals surface area contributed by atoms with E-state index in [1.54, 1.807) is 29.2 Å². The zero-order chi connectivity index (χ0) is 15.0. The first-order chi connectivity index (χ1) is 10.0. The molecular weight excluding hydrogens is 269 g/mol. The summed E-state index contributed by atoms with van der Waals surface area (Å²) in [6.07, 6.45) is 1.58. The molecule has 110 valence electrons. The van der Waals surface area contributed by atoms with Gasteiger partial charge in [0, 0.05) is 10.9 Å². The van der Waals surface area contributed by atoms with Crippen LogP contribution in [0.1, 0.15) is 30.1 Å². The van der Waals surface area contributed by atoms with Crippen molar-refractivity contribution in [2.24, 2.45) is 0 Å². The monoisotopic (exact) mass is 287 g/mol. The second-order valence-electron chi connectivity index (χ2n) is 5.78. The lowest BCUT2D eigenvalue weighted by Crippen LogP contribution is -2.63. The van der Waals surface area contributed by atoms with Crippen LogP contribution in [-0.4, -0.2) is 34.6 Å². The van der Waals surface area contributed by atoms with Crippen LogP contribution < -0.4 is 0 Å². The van der Waals surface area contributed by atoms with Crippen LogP contribution in [0.4, 0.5) is 4.39 Å². The van der Waals surface area contributed by atoms with Gasteiger partial charge in [-0.2, -0.15) is 0 Å². The van der Waals surface area contributed by atoms with Crippen LogP contribution >= 0.6 is 0 Å². The van der Waals surface area contributed by atoms with Crippen molar-refractivity contribution < 1.29 is 14.3 Å². The molecular formula is C17H18FNO2. The Bertz CT molecular complexity index is 692. The third-order valence-electron chi connectivity index (χ3n) is 4.07. The van der Waals surface area contributed by atoms with Gasteiger partial charge in [-0.3, -0.25) is 4.79 Å². The summed E-state index contributed by atoms with van der Waals surface area (Å²) in [6, 6.07) is 9.82. The molecule has 0 spiro atoms. The van der Waals surface area contributed by atoms with Gasteiger partial charge in [0.15, 0.2) is 0 Å². The van der Waals surface area contributed by atoms with Crippen LogP contribution in [0, 0.1) is 5.82 Å². The Labute approximate surface area is 123 Å². The van der Waals surface area contributed by atoms with Crippen molar-refractivity contribution >= 4 is 16.7 Å². The van der Waals surface area contributed by atoms with Gasteiger partial charge in [0.25, 0.3) is 5.91 Å². The van der Waals surface area contributed by atoms with Gasteiger partial charge >= 0.3 is 0 Å². The van der Waals surface area contributed by atoms with E-state index >= 15 is 0 Å². The number of hydrogen-bond donors (Lipinski definition) is 1. The Hall–Kier alpha value is -1.94. The number of benzene rings is 2. The van der Waals surface area contributed by atoms with Crippen molar-refractivity contribution in [1.82, 2.24) is 4.90 Å². The first-order valence-corrected chi connectivity index (χ1v) is 7.23. The van der Waals surface area contributed by atoms with E-state index in [1.807, 2.05) is 6.92 Å². The highest BCUT2D eigenvalue weighted by molar-refractivity contribution is 6.07. The molecule has 0 bridgehead atoms. The number of likely N-dealkylation sites (tertiary alicyclic amines) is 1. The Balaban J connectivity index is 1.89. The third kappa shape index (κ3) is 2.40. The number of rotatable bonds is 3. The molecule has 0 aliphatic carbocycles. The molecule has 0 unspecified atom stereocenters. The standard InChI is InChI=1S/C17H18FNO2/c1-2-9-17(21)10-19(11-17)16(20)14-7-8-15(18)13-6-4-3-5-12(13)14/h3-8,21H,2,9-11H2,1H3. The molecule has 4 heteroatoms. The molecule has 1 aliphatic heterocycles. The van der Waals surface area contributed by atoms with Gasteiger partial charge in [0.2, 0.25) is 0 Å². The number of carbonyl (C=O) groups excluding carboxylic acids is 1. The number of aliphatic hydroxyl groups is 1. The maximum absolute atomic E-state index is 13.8. The van der Waals surface area contributed by atoms with Crippen molar-refractivity contribution in [2.75, 3.05) is 13.1 Å². The van der Waals surface area contributed by atoms with Crippen LogP contribution in [0.15, 0.2) is 36.4 Å².